The standard InChI is InChI=1S/C12H23N/c1-10(2)11-8-13(9-11)12-6-4-3-5-7-12/h10-12H,3-9H2,1-2H3. The first-order chi connectivity index (χ1) is 6.27. The van der Waals surface area contributed by atoms with E-state index in [-0.39, 0.29) is 0 Å². The highest BCUT2D eigenvalue weighted by Gasteiger charge is 2.33. The van der Waals surface area contributed by atoms with E-state index in [1.807, 2.05) is 0 Å². The molecule has 0 N–H and O–H groups in total. The van der Waals surface area contributed by atoms with Gasteiger partial charge in [0.15, 0.2) is 0 Å². The molecular weight excluding hydrogens is 158 g/mol. The highest BCUT2D eigenvalue weighted by Crippen LogP contribution is 2.31. The number of rotatable bonds is 2. The lowest BCUT2D eigenvalue weighted by Gasteiger charge is -2.47. The van der Waals surface area contributed by atoms with Gasteiger partial charge in [0.25, 0.3) is 0 Å². The number of likely N-dealkylation sites (tertiary alicyclic amines) is 1. The summed E-state index contributed by atoms with van der Waals surface area (Å²) in [4.78, 5) is 2.73. The Balaban J connectivity index is 1.72. The van der Waals surface area contributed by atoms with E-state index >= 15 is 0 Å². The summed E-state index contributed by atoms with van der Waals surface area (Å²) in [5, 5.41) is 0. The fourth-order valence-corrected chi connectivity index (χ4v) is 2.71. The van der Waals surface area contributed by atoms with E-state index in [4.69, 9.17) is 0 Å². The zero-order valence-electron chi connectivity index (χ0n) is 9.13. The van der Waals surface area contributed by atoms with Gasteiger partial charge in [0.2, 0.25) is 0 Å². The lowest BCUT2D eigenvalue weighted by molar-refractivity contribution is 0.0137. The van der Waals surface area contributed by atoms with Crippen molar-refractivity contribution in [3.63, 3.8) is 0 Å². The van der Waals surface area contributed by atoms with E-state index in [9.17, 15) is 0 Å². The van der Waals surface area contributed by atoms with Crippen LogP contribution >= 0.6 is 0 Å². The van der Waals surface area contributed by atoms with E-state index in [1.165, 1.54) is 45.2 Å². The van der Waals surface area contributed by atoms with Gasteiger partial charge in [-0.2, -0.15) is 0 Å². The van der Waals surface area contributed by atoms with Crippen molar-refractivity contribution >= 4 is 0 Å². The summed E-state index contributed by atoms with van der Waals surface area (Å²) in [6.07, 6.45) is 7.40. The minimum Gasteiger partial charge on any atom is -0.300 e. The summed E-state index contributed by atoms with van der Waals surface area (Å²) in [5.41, 5.74) is 0. The average molecular weight is 181 g/mol. The number of hydrogen-bond donors (Lipinski definition) is 0. The molecule has 1 heteroatoms. The van der Waals surface area contributed by atoms with Crippen LogP contribution in [0.15, 0.2) is 0 Å². The molecule has 76 valence electrons. The van der Waals surface area contributed by atoms with Crippen LogP contribution in [-0.4, -0.2) is 24.0 Å². The Labute approximate surface area is 82.5 Å². The molecule has 0 spiro atoms. The molecule has 0 radical (unpaired) electrons. The molecule has 0 aromatic rings. The summed E-state index contributed by atoms with van der Waals surface area (Å²) >= 11 is 0. The van der Waals surface area contributed by atoms with Crippen molar-refractivity contribution in [2.24, 2.45) is 11.8 Å². The smallest absolute Gasteiger partial charge is 0.00955 e. The van der Waals surface area contributed by atoms with Gasteiger partial charge in [-0.25, -0.2) is 0 Å². The van der Waals surface area contributed by atoms with E-state index in [1.54, 1.807) is 0 Å². The predicted octanol–water partition coefficient (Wildman–Crippen LogP) is 2.91. The van der Waals surface area contributed by atoms with Crippen molar-refractivity contribution in [2.75, 3.05) is 13.1 Å². The Kier molecular flexibility index (Phi) is 2.92. The highest BCUT2D eigenvalue weighted by atomic mass is 15.2. The van der Waals surface area contributed by atoms with Crippen LogP contribution in [-0.2, 0) is 0 Å². The van der Waals surface area contributed by atoms with Crippen LogP contribution in [0.5, 0.6) is 0 Å². The molecule has 0 unspecified atom stereocenters. The van der Waals surface area contributed by atoms with Gasteiger partial charge in [0.1, 0.15) is 0 Å². The van der Waals surface area contributed by atoms with Crippen molar-refractivity contribution in [3.05, 3.63) is 0 Å². The van der Waals surface area contributed by atoms with Gasteiger partial charge >= 0.3 is 0 Å². The summed E-state index contributed by atoms with van der Waals surface area (Å²) in [6, 6.07) is 0.962. The topological polar surface area (TPSA) is 3.24 Å². The van der Waals surface area contributed by atoms with Crippen LogP contribution in [0.1, 0.15) is 46.0 Å². The zero-order chi connectivity index (χ0) is 9.26. The molecule has 0 aromatic heterocycles. The summed E-state index contributed by atoms with van der Waals surface area (Å²) < 4.78 is 0. The van der Waals surface area contributed by atoms with E-state index in [2.05, 4.69) is 18.7 Å². The van der Waals surface area contributed by atoms with Crippen LogP contribution in [0, 0.1) is 11.8 Å². The van der Waals surface area contributed by atoms with Gasteiger partial charge in [-0.1, -0.05) is 33.1 Å². The molecule has 13 heavy (non-hydrogen) atoms. The van der Waals surface area contributed by atoms with Gasteiger partial charge in [-0.3, -0.25) is 4.90 Å². The molecule has 1 saturated carbocycles. The van der Waals surface area contributed by atoms with Crippen molar-refractivity contribution in [2.45, 2.75) is 52.0 Å². The van der Waals surface area contributed by atoms with Gasteiger partial charge in [0.05, 0.1) is 0 Å². The molecule has 1 aliphatic heterocycles. The Morgan fingerprint density at radius 1 is 1.00 bits per heavy atom. The van der Waals surface area contributed by atoms with Gasteiger partial charge < -0.3 is 0 Å². The van der Waals surface area contributed by atoms with Gasteiger partial charge in [-0.05, 0) is 24.7 Å². The molecule has 0 bridgehead atoms. The van der Waals surface area contributed by atoms with Crippen LogP contribution in [0.25, 0.3) is 0 Å². The van der Waals surface area contributed by atoms with Crippen molar-refractivity contribution in [3.8, 4) is 0 Å². The minimum atomic E-state index is 0.903. The van der Waals surface area contributed by atoms with Crippen LogP contribution < -0.4 is 0 Å². The summed E-state index contributed by atoms with van der Waals surface area (Å²) in [6.45, 7) is 7.51. The van der Waals surface area contributed by atoms with E-state index in [0.717, 1.165) is 17.9 Å². The second kappa shape index (κ2) is 4.00. The average Bonchev–Trinajstić information content (AvgIpc) is 2.02. The summed E-state index contributed by atoms with van der Waals surface area (Å²) in [7, 11) is 0. The fourth-order valence-electron chi connectivity index (χ4n) is 2.71. The molecule has 1 nitrogen and oxygen atoms in total. The minimum absolute atomic E-state index is 0.903. The molecule has 1 aliphatic carbocycles. The molecule has 2 fully saturated rings. The first-order valence-corrected chi connectivity index (χ1v) is 6.01. The highest BCUT2D eigenvalue weighted by molar-refractivity contribution is 4.87. The van der Waals surface area contributed by atoms with Crippen LogP contribution in [0.4, 0.5) is 0 Å². The maximum atomic E-state index is 2.73. The summed E-state index contributed by atoms with van der Waals surface area (Å²) in [5.74, 6) is 1.90. The Morgan fingerprint density at radius 2 is 1.62 bits per heavy atom. The molecule has 2 aliphatic rings. The number of hydrogen-bond acceptors (Lipinski definition) is 1. The van der Waals surface area contributed by atoms with E-state index < -0.39 is 0 Å². The largest absolute Gasteiger partial charge is 0.300 e. The van der Waals surface area contributed by atoms with Gasteiger partial charge in [-0.15, -0.1) is 0 Å². The second-order valence-corrected chi connectivity index (χ2v) is 5.25. The third-order valence-corrected chi connectivity index (χ3v) is 3.97. The molecular formula is C12H23N. The maximum Gasteiger partial charge on any atom is 0.00955 e. The Hall–Kier alpha value is -0.0400. The first kappa shape index (κ1) is 9.51. The van der Waals surface area contributed by atoms with E-state index in [0.29, 0.717) is 0 Å². The third kappa shape index (κ3) is 2.07. The third-order valence-electron chi connectivity index (χ3n) is 3.97. The van der Waals surface area contributed by atoms with Crippen LogP contribution in [0.2, 0.25) is 0 Å². The maximum absolute atomic E-state index is 2.73. The zero-order valence-corrected chi connectivity index (χ0v) is 9.13. The van der Waals surface area contributed by atoms with Gasteiger partial charge in [0, 0.05) is 19.1 Å². The first-order valence-electron chi connectivity index (χ1n) is 6.01. The SMILES string of the molecule is CC(C)C1CN(C2CCCCC2)C1. The molecule has 0 atom stereocenters. The Bertz CT molecular complexity index is 153. The van der Waals surface area contributed by atoms with Crippen molar-refractivity contribution in [1.82, 2.24) is 4.90 Å². The quantitative estimate of drug-likeness (QED) is 0.633. The number of nitrogens with zero attached hydrogens (tertiary/aromatic N) is 1. The molecule has 1 saturated heterocycles. The normalized spacial score (nSPS) is 27.9. The van der Waals surface area contributed by atoms with Crippen LogP contribution in [0.3, 0.4) is 0 Å². The van der Waals surface area contributed by atoms with Crippen molar-refractivity contribution < 1.29 is 0 Å². The fraction of sp³-hybridized carbons (Fsp3) is 1.00. The molecule has 0 amide bonds. The van der Waals surface area contributed by atoms with Crippen molar-refractivity contribution in [1.29, 1.82) is 0 Å². The lowest BCUT2D eigenvalue weighted by Crippen LogP contribution is -2.54. The second-order valence-electron chi connectivity index (χ2n) is 5.25. The molecule has 2 rings (SSSR count). The predicted molar refractivity (Wildman–Crippen MR) is 56.8 cm³/mol. The lowest BCUT2D eigenvalue weighted by atomic mass is 9.84. The molecule has 1 heterocycles. The monoisotopic (exact) mass is 181 g/mol. The molecule has 0 aromatic carbocycles. The Morgan fingerprint density at radius 3 is 2.15 bits per heavy atom.